The molecule has 4 nitrogen and oxygen atoms in total. The molecular formula is C12H8FN3OS. The fourth-order valence-corrected chi connectivity index (χ4v) is 2.31. The minimum absolute atomic E-state index is 0.213. The summed E-state index contributed by atoms with van der Waals surface area (Å²) in [6, 6.07) is 6.03. The van der Waals surface area contributed by atoms with Crippen LogP contribution in [0.2, 0.25) is 0 Å². The van der Waals surface area contributed by atoms with Crippen molar-refractivity contribution in [2.75, 3.05) is 5.73 Å². The van der Waals surface area contributed by atoms with Crippen molar-refractivity contribution in [3.05, 3.63) is 41.8 Å². The molecule has 0 spiro atoms. The Hall–Kier alpha value is -2.21. The van der Waals surface area contributed by atoms with Crippen LogP contribution in [0.1, 0.15) is 0 Å². The highest BCUT2D eigenvalue weighted by molar-refractivity contribution is 7.13. The van der Waals surface area contributed by atoms with Crippen molar-refractivity contribution in [3.63, 3.8) is 0 Å². The predicted molar refractivity (Wildman–Crippen MR) is 67.4 cm³/mol. The molecule has 0 radical (unpaired) electrons. The molecule has 0 amide bonds. The SMILES string of the molecule is Nc1onc(-c2cncs2)c1-c1ccc(F)cc1. The number of nitrogen functional groups attached to an aromatic ring is 1. The summed E-state index contributed by atoms with van der Waals surface area (Å²) in [7, 11) is 0. The largest absolute Gasteiger partial charge is 0.367 e. The van der Waals surface area contributed by atoms with Crippen molar-refractivity contribution in [1.29, 1.82) is 0 Å². The third-order valence-corrected chi connectivity index (χ3v) is 3.30. The lowest BCUT2D eigenvalue weighted by Crippen LogP contribution is -1.87. The zero-order valence-corrected chi connectivity index (χ0v) is 9.95. The van der Waals surface area contributed by atoms with Crippen LogP contribution in [0.4, 0.5) is 10.3 Å². The Kier molecular flexibility index (Phi) is 2.56. The number of rotatable bonds is 2. The van der Waals surface area contributed by atoms with Gasteiger partial charge >= 0.3 is 0 Å². The monoisotopic (exact) mass is 261 g/mol. The van der Waals surface area contributed by atoms with E-state index in [1.54, 1.807) is 23.8 Å². The van der Waals surface area contributed by atoms with Gasteiger partial charge in [-0.1, -0.05) is 17.3 Å². The van der Waals surface area contributed by atoms with Gasteiger partial charge in [0, 0.05) is 6.20 Å². The van der Waals surface area contributed by atoms with E-state index in [0.29, 0.717) is 11.3 Å². The topological polar surface area (TPSA) is 64.9 Å². The van der Waals surface area contributed by atoms with Crippen LogP contribution in [0, 0.1) is 5.82 Å². The quantitative estimate of drug-likeness (QED) is 0.769. The van der Waals surface area contributed by atoms with Crippen LogP contribution in [0.3, 0.4) is 0 Å². The van der Waals surface area contributed by atoms with Gasteiger partial charge in [0.15, 0.2) is 0 Å². The summed E-state index contributed by atoms with van der Waals surface area (Å²) in [5.74, 6) is -0.0851. The van der Waals surface area contributed by atoms with E-state index in [9.17, 15) is 4.39 Å². The minimum Gasteiger partial charge on any atom is -0.367 e. The lowest BCUT2D eigenvalue weighted by atomic mass is 10.1. The molecule has 0 unspecified atom stereocenters. The summed E-state index contributed by atoms with van der Waals surface area (Å²) in [5.41, 5.74) is 9.54. The first kappa shape index (κ1) is 10.9. The van der Waals surface area contributed by atoms with E-state index in [4.69, 9.17) is 10.3 Å². The Morgan fingerprint density at radius 1 is 1.22 bits per heavy atom. The number of hydrogen-bond donors (Lipinski definition) is 1. The minimum atomic E-state index is -0.298. The Labute approximate surface area is 106 Å². The highest BCUT2D eigenvalue weighted by Crippen LogP contribution is 2.37. The first-order valence-corrected chi connectivity index (χ1v) is 6.03. The van der Waals surface area contributed by atoms with E-state index < -0.39 is 0 Å². The summed E-state index contributed by atoms with van der Waals surface area (Å²) in [4.78, 5) is 4.85. The van der Waals surface area contributed by atoms with Gasteiger partial charge < -0.3 is 10.3 Å². The van der Waals surface area contributed by atoms with Gasteiger partial charge in [-0.25, -0.2) is 4.39 Å². The molecule has 0 aliphatic rings. The van der Waals surface area contributed by atoms with E-state index in [1.807, 2.05) is 0 Å². The number of benzene rings is 1. The highest BCUT2D eigenvalue weighted by Gasteiger charge is 2.18. The average molecular weight is 261 g/mol. The Morgan fingerprint density at radius 2 is 2.00 bits per heavy atom. The van der Waals surface area contributed by atoms with E-state index in [-0.39, 0.29) is 11.7 Å². The van der Waals surface area contributed by atoms with Crippen LogP contribution in [0.25, 0.3) is 21.7 Å². The van der Waals surface area contributed by atoms with Gasteiger partial charge in [0.05, 0.1) is 16.0 Å². The maximum atomic E-state index is 12.9. The summed E-state index contributed by atoms with van der Waals surface area (Å²) >= 11 is 1.44. The predicted octanol–water partition coefficient (Wildman–Crippen LogP) is 3.19. The van der Waals surface area contributed by atoms with Crippen LogP contribution >= 0.6 is 11.3 Å². The number of thiazole rings is 1. The normalized spacial score (nSPS) is 10.7. The van der Waals surface area contributed by atoms with Gasteiger partial charge in [0.25, 0.3) is 0 Å². The zero-order chi connectivity index (χ0) is 12.5. The summed E-state index contributed by atoms with van der Waals surface area (Å²) in [5, 5.41) is 3.93. The van der Waals surface area contributed by atoms with Crippen molar-refractivity contribution in [3.8, 4) is 21.7 Å². The molecule has 90 valence electrons. The van der Waals surface area contributed by atoms with Gasteiger partial charge in [-0.15, -0.1) is 11.3 Å². The molecule has 0 atom stereocenters. The third kappa shape index (κ3) is 1.76. The van der Waals surface area contributed by atoms with Gasteiger partial charge in [0.2, 0.25) is 5.88 Å². The molecule has 3 rings (SSSR count). The number of halogens is 1. The zero-order valence-electron chi connectivity index (χ0n) is 9.13. The van der Waals surface area contributed by atoms with Gasteiger partial charge in [-0.05, 0) is 17.7 Å². The van der Waals surface area contributed by atoms with Gasteiger partial charge in [-0.3, -0.25) is 4.98 Å². The lowest BCUT2D eigenvalue weighted by molar-refractivity contribution is 0.439. The second-order valence-corrected chi connectivity index (χ2v) is 4.53. The number of anilines is 1. The fraction of sp³-hybridized carbons (Fsp3) is 0. The molecule has 3 aromatic rings. The van der Waals surface area contributed by atoms with Crippen LogP contribution in [0.5, 0.6) is 0 Å². The maximum Gasteiger partial charge on any atom is 0.230 e. The molecule has 0 bridgehead atoms. The molecule has 6 heteroatoms. The molecule has 2 heterocycles. The molecule has 0 saturated heterocycles. The summed E-state index contributed by atoms with van der Waals surface area (Å²) in [6.07, 6.45) is 1.69. The number of hydrogen-bond acceptors (Lipinski definition) is 5. The van der Waals surface area contributed by atoms with Crippen LogP contribution in [-0.4, -0.2) is 10.1 Å². The molecule has 0 aliphatic carbocycles. The van der Waals surface area contributed by atoms with Crippen LogP contribution in [-0.2, 0) is 0 Å². The molecule has 0 aliphatic heterocycles. The lowest BCUT2D eigenvalue weighted by Gasteiger charge is -2.00. The number of aromatic nitrogens is 2. The van der Waals surface area contributed by atoms with Crippen molar-refractivity contribution in [2.24, 2.45) is 0 Å². The first-order chi connectivity index (χ1) is 8.75. The first-order valence-electron chi connectivity index (χ1n) is 5.15. The number of nitrogens with two attached hydrogens (primary N) is 1. The summed E-state index contributed by atoms with van der Waals surface area (Å²) < 4.78 is 17.9. The molecule has 18 heavy (non-hydrogen) atoms. The Bertz CT molecular complexity index is 661. The Morgan fingerprint density at radius 3 is 2.67 bits per heavy atom. The van der Waals surface area contributed by atoms with Crippen molar-refractivity contribution in [1.82, 2.24) is 10.1 Å². The summed E-state index contributed by atoms with van der Waals surface area (Å²) in [6.45, 7) is 0. The fourth-order valence-electron chi connectivity index (χ4n) is 1.70. The van der Waals surface area contributed by atoms with E-state index in [1.165, 1.54) is 23.5 Å². The molecule has 2 aromatic heterocycles. The van der Waals surface area contributed by atoms with E-state index >= 15 is 0 Å². The average Bonchev–Trinajstić information content (AvgIpc) is 2.99. The van der Waals surface area contributed by atoms with Gasteiger partial charge in [0.1, 0.15) is 11.5 Å². The van der Waals surface area contributed by atoms with Crippen molar-refractivity contribution in [2.45, 2.75) is 0 Å². The number of nitrogens with zero attached hydrogens (tertiary/aromatic N) is 2. The standard InChI is InChI=1S/C12H8FN3OS/c13-8-3-1-7(2-4-8)10-11(16-17-12(10)14)9-5-15-6-18-9/h1-6H,14H2. The second kappa shape index (κ2) is 4.23. The molecule has 0 saturated carbocycles. The van der Waals surface area contributed by atoms with Crippen LogP contribution in [0.15, 0.2) is 40.5 Å². The highest BCUT2D eigenvalue weighted by atomic mass is 32.1. The van der Waals surface area contributed by atoms with Crippen molar-refractivity contribution >= 4 is 17.2 Å². The van der Waals surface area contributed by atoms with E-state index in [2.05, 4.69) is 10.1 Å². The maximum absolute atomic E-state index is 12.9. The molecule has 1 aromatic carbocycles. The van der Waals surface area contributed by atoms with E-state index in [0.717, 1.165) is 10.4 Å². The van der Waals surface area contributed by atoms with Crippen molar-refractivity contribution < 1.29 is 8.91 Å². The molecular weight excluding hydrogens is 253 g/mol. The van der Waals surface area contributed by atoms with Gasteiger partial charge in [-0.2, -0.15) is 0 Å². The molecule has 2 N–H and O–H groups in total. The third-order valence-electron chi connectivity index (χ3n) is 2.52. The molecule has 0 fully saturated rings. The Balaban J connectivity index is 2.17. The smallest absolute Gasteiger partial charge is 0.230 e. The van der Waals surface area contributed by atoms with Crippen LogP contribution < -0.4 is 5.73 Å². The second-order valence-electron chi connectivity index (χ2n) is 3.64.